The highest BCUT2D eigenvalue weighted by Gasteiger charge is 2.22. The number of rotatable bonds is 7. The third kappa shape index (κ3) is 5.74. The molecule has 1 aliphatic heterocycles. The van der Waals surface area contributed by atoms with E-state index in [1.54, 1.807) is 48.5 Å². The van der Waals surface area contributed by atoms with Crippen LogP contribution in [0.3, 0.4) is 0 Å². The largest absolute Gasteiger partial charge is 0.457 e. The van der Waals surface area contributed by atoms with Crippen molar-refractivity contribution in [1.82, 2.24) is 10.2 Å². The molecule has 1 unspecified atom stereocenters. The first-order valence-corrected chi connectivity index (χ1v) is 10.8. The number of hydrogen-bond acceptors (Lipinski definition) is 4. The van der Waals surface area contributed by atoms with Crippen molar-refractivity contribution in [2.75, 3.05) is 13.1 Å². The topological polar surface area (TPSA) is 84.7 Å². The molecule has 1 fully saturated rings. The van der Waals surface area contributed by atoms with Gasteiger partial charge in [0.2, 0.25) is 5.91 Å². The van der Waals surface area contributed by atoms with Gasteiger partial charge in [0.25, 0.3) is 5.91 Å². The molecule has 6 nitrogen and oxygen atoms in total. The average molecular weight is 430 g/mol. The van der Waals surface area contributed by atoms with Gasteiger partial charge in [-0.15, -0.1) is 0 Å². The molecule has 3 aromatic rings. The molecular formula is C26H27N3O3. The number of nitrogens with one attached hydrogen (secondary N) is 1. The van der Waals surface area contributed by atoms with Crippen LogP contribution in [-0.4, -0.2) is 35.8 Å². The SMILES string of the molecule is NC(=O)c1ccc(Oc2ccc(C(=O)NC3CCCN(Cc4ccccc4)C3)cc2)cc1. The Hall–Kier alpha value is -3.64. The van der Waals surface area contributed by atoms with Crippen LogP contribution in [0.15, 0.2) is 78.9 Å². The predicted molar refractivity (Wildman–Crippen MR) is 124 cm³/mol. The lowest BCUT2D eigenvalue weighted by Gasteiger charge is -2.33. The number of benzene rings is 3. The Bertz CT molecular complexity index is 1050. The number of hydrogen-bond donors (Lipinski definition) is 2. The third-order valence-corrected chi connectivity index (χ3v) is 5.58. The van der Waals surface area contributed by atoms with Gasteiger partial charge >= 0.3 is 0 Å². The minimum Gasteiger partial charge on any atom is -0.457 e. The van der Waals surface area contributed by atoms with Crippen LogP contribution < -0.4 is 15.8 Å². The maximum absolute atomic E-state index is 12.7. The zero-order valence-corrected chi connectivity index (χ0v) is 17.9. The number of carbonyl (C=O) groups is 2. The van der Waals surface area contributed by atoms with Crippen LogP contribution in [0.1, 0.15) is 39.1 Å². The molecule has 0 bridgehead atoms. The number of nitrogens with two attached hydrogens (primary N) is 1. The van der Waals surface area contributed by atoms with E-state index in [9.17, 15) is 9.59 Å². The predicted octanol–water partition coefficient (Wildman–Crippen LogP) is 3.97. The zero-order chi connectivity index (χ0) is 22.3. The fourth-order valence-electron chi connectivity index (χ4n) is 3.92. The molecule has 0 aliphatic carbocycles. The number of likely N-dealkylation sites (tertiary alicyclic amines) is 1. The second-order valence-corrected chi connectivity index (χ2v) is 8.05. The fraction of sp³-hybridized carbons (Fsp3) is 0.231. The van der Waals surface area contributed by atoms with Gasteiger partial charge in [-0.1, -0.05) is 30.3 Å². The van der Waals surface area contributed by atoms with Crippen LogP contribution in [0.4, 0.5) is 0 Å². The van der Waals surface area contributed by atoms with E-state index in [-0.39, 0.29) is 11.9 Å². The summed E-state index contributed by atoms with van der Waals surface area (Å²) in [5, 5.41) is 3.17. The molecule has 1 heterocycles. The van der Waals surface area contributed by atoms with Crippen LogP contribution in [-0.2, 0) is 6.54 Å². The molecule has 6 heteroatoms. The number of piperidine rings is 1. The molecule has 1 atom stereocenters. The van der Waals surface area contributed by atoms with Gasteiger partial charge in [0.15, 0.2) is 0 Å². The Kier molecular flexibility index (Phi) is 6.82. The van der Waals surface area contributed by atoms with Gasteiger partial charge in [-0.25, -0.2) is 0 Å². The summed E-state index contributed by atoms with van der Waals surface area (Å²) < 4.78 is 5.78. The van der Waals surface area contributed by atoms with E-state index in [2.05, 4.69) is 34.5 Å². The van der Waals surface area contributed by atoms with E-state index < -0.39 is 5.91 Å². The summed E-state index contributed by atoms with van der Waals surface area (Å²) in [6.07, 6.45) is 2.05. The first-order chi connectivity index (χ1) is 15.6. The summed E-state index contributed by atoms with van der Waals surface area (Å²) >= 11 is 0. The van der Waals surface area contributed by atoms with E-state index in [0.717, 1.165) is 32.5 Å². The Labute approximate surface area is 188 Å². The Balaban J connectivity index is 1.31. The van der Waals surface area contributed by atoms with E-state index in [4.69, 9.17) is 10.5 Å². The molecule has 2 amide bonds. The number of nitrogens with zero attached hydrogens (tertiary/aromatic N) is 1. The van der Waals surface area contributed by atoms with Gasteiger partial charge in [0.1, 0.15) is 11.5 Å². The highest BCUT2D eigenvalue weighted by molar-refractivity contribution is 5.94. The molecule has 3 N–H and O–H groups in total. The third-order valence-electron chi connectivity index (χ3n) is 5.58. The van der Waals surface area contributed by atoms with Crippen molar-refractivity contribution in [3.8, 4) is 11.5 Å². The van der Waals surface area contributed by atoms with Crippen LogP contribution in [0.5, 0.6) is 11.5 Å². The van der Waals surface area contributed by atoms with Gasteiger partial charge in [0, 0.05) is 30.3 Å². The van der Waals surface area contributed by atoms with Crippen LogP contribution in [0.25, 0.3) is 0 Å². The van der Waals surface area contributed by atoms with Crippen molar-refractivity contribution in [1.29, 1.82) is 0 Å². The minimum absolute atomic E-state index is 0.0751. The molecule has 1 aliphatic rings. The number of primary amides is 1. The van der Waals surface area contributed by atoms with Crippen LogP contribution in [0.2, 0.25) is 0 Å². The molecule has 3 aromatic carbocycles. The van der Waals surface area contributed by atoms with E-state index in [1.807, 2.05) is 6.07 Å². The van der Waals surface area contributed by atoms with Crippen LogP contribution >= 0.6 is 0 Å². The number of amides is 2. The lowest BCUT2D eigenvalue weighted by Crippen LogP contribution is -2.47. The first kappa shape index (κ1) is 21.6. The second-order valence-electron chi connectivity index (χ2n) is 8.05. The molecule has 0 aromatic heterocycles. The molecule has 0 radical (unpaired) electrons. The second kappa shape index (κ2) is 10.1. The molecule has 0 saturated carbocycles. The molecule has 32 heavy (non-hydrogen) atoms. The Morgan fingerprint density at radius 3 is 2.16 bits per heavy atom. The quantitative estimate of drug-likeness (QED) is 0.595. The highest BCUT2D eigenvalue weighted by Crippen LogP contribution is 2.22. The summed E-state index contributed by atoms with van der Waals surface area (Å²) in [5.74, 6) is 0.648. The van der Waals surface area contributed by atoms with Crippen molar-refractivity contribution >= 4 is 11.8 Å². The van der Waals surface area contributed by atoms with Crippen LogP contribution in [0, 0.1) is 0 Å². The summed E-state index contributed by atoms with van der Waals surface area (Å²) in [7, 11) is 0. The van der Waals surface area contributed by atoms with Crippen molar-refractivity contribution in [2.24, 2.45) is 5.73 Å². The number of carbonyl (C=O) groups excluding carboxylic acids is 2. The maximum Gasteiger partial charge on any atom is 0.251 e. The van der Waals surface area contributed by atoms with E-state index in [1.165, 1.54) is 5.56 Å². The van der Waals surface area contributed by atoms with Gasteiger partial charge < -0.3 is 15.8 Å². The fourth-order valence-corrected chi connectivity index (χ4v) is 3.92. The van der Waals surface area contributed by atoms with Gasteiger partial charge in [-0.3, -0.25) is 14.5 Å². The summed E-state index contributed by atoms with van der Waals surface area (Å²) in [6, 6.07) is 24.2. The standard InChI is InChI=1S/C26H27N3O3/c27-25(30)20-8-12-23(13-9-20)32-24-14-10-21(11-15-24)26(31)28-22-7-4-16-29(18-22)17-19-5-2-1-3-6-19/h1-3,5-6,8-15,22H,4,7,16-18H2,(H2,27,30)(H,28,31). The van der Waals surface area contributed by atoms with Gasteiger partial charge in [0.05, 0.1) is 0 Å². The maximum atomic E-state index is 12.7. The summed E-state index contributed by atoms with van der Waals surface area (Å²) in [6.45, 7) is 2.80. The molecule has 1 saturated heterocycles. The molecule has 0 spiro atoms. The Morgan fingerprint density at radius 2 is 1.53 bits per heavy atom. The first-order valence-electron chi connectivity index (χ1n) is 10.8. The lowest BCUT2D eigenvalue weighted by atomic mass is 10.0. The monoisotopic (exact) mass is 429 g/mol. The van der Waals surface area contributed by atoms with Crippen molar-refractivity contribution in [3.05, 3.63) is 95.6 Å². The average Bonchev–Trinajstić information content (AvgIpc) is 2.81. The summed E-state index contributed by atoms with van der Waals surface area (Å²) in [5.41, 5.74) is 7.57. The Morgan fingerprint density at radius 1 is 0.906 bits per heavy atom. The normalized spacial score (nSPS) is 16.3. The smallest absolute Gasteiger partial charge is 0.251 e. The highest BCUT2D eigenvalue weighted by atomic mass is 16.5. The van der Waals surface area contributed by atoms with E-state index in [0.29, 0.717) is 22.6 Å². The zero-order valence-electron chi connectivity index (χ0n) is 17.9. The molecular weight excluding hydrogens is 402 g/mol. The molecule has 164 valence electrons. The number of ether oxygens (including phenoxy) is 1. The van der Waals surface area contributed by atoms with Crippen molar-refractivity contribution < 1.29 is 14.3 Å². The van der Waals surface area contributed by atoms with E-state index >= 15 is 0 Å². The van der Waals surface area contributed by atoms with Gasteiger partial charge in [-0.05, 0) is 73.5 Å². The summed E-state index contributed by atoms with van der Waals surface area (Å²) in [4.78, 5) is 26.3. The van der Waals surface area contributed by atoms with Gasteiger partial charge in [-0.2, -0.15) is 0 Å². The van der Waals surface area contributed by atoms with Crippen molar-refractivity contribution in [2.45, 2.75) is 25.4 Å². The molecule has 4 rings (SSSR count). The lowest BCUT2D eigenvalue weighted by molar-refractivity contribution is 0.0900. The minimum atomic E-state index is -0.479. The van der Waals surface area contributed by atoms with Crippen molar-refractivity contribution in [3.63, 3.8) is 0 Å².